The van der Waals surface area contributed by atoms with Crippen LogP contribution < -0.4 is 2.89 Å². The van der Waals surface area contributed by atoms with Gasteiger partial charge in [0.1, 0.15) is 0 Å². The minimum absolute atomic E-state index is 0.172. The number of thiophene rings is 1. The molecule has 1 saturated heterocycles. The topological polar surface area (TPSA) is 26.1 Å². The number of fused-ring (bicyclic) bond motifs is 1. The van der Waals surface area contributed by atoms with Crippen molar-refractivity contribution in [2.45, 2.75) is 104 Å². The van der Waals surface area contributed by atoms with Gasteiger partial charge in [0.2, 0.25) is 0 Å². The predicted molar refractivity (Wildman–Crippen MR) is 124 cm³/mol. The first-order chi connectivity index (χ1) is 13.1. The van der Waals surface area contributed by atoms with Crippen LogP contribution in [0.15, 0.2) is 6.07 Å². The van der Waals surface area contributed by atoms with E-state index in [1.165, 1.54) is 57.8 Å². The molecule has 1 aliphatic carbocycles. The average molecular weight is 499 g/mol. The van der Waals surface area contributed by atoms with Crippen molar-refractivity contribution in [2.75, 3.05) is 13.1 Å². The van der Waals surface area contributed by atoms with Crippen LogP contribution in [0.4, 0.5) is 0 Å². The van der Waals surface area contributed by atoms with E-state index in [1.54, 1.807) is 23.8 Å². The summed E-state index contributed by atoms with van der Waals surface area (Å²) in [4.78, 5) is 4.34. The Labute approximate surface area is 175 Å². The van der Waals surface area contributed by atoms with Gasteiger partial charge < -0.3 is 0 Å². The molecule has 2 N–H and O–H groups in total. The zero-order chi connectivity index (χ0) is 19.3. The predicted octanol–water partition coefficient (Wildman–Crippen LogP) is 5.59. The van der Waals surface area contributed by atoms with Gasteiger partial charge in [-0.25, -0.2) is 0 Å². The average Bonchev–Trinajstić information content (AvgIpc) is 3.10. The SMILES string of the molecule is CCC[CH2][Sn]([CH2]CCC)([CH2]CCC)[c]1cc2c(s1)CCCC2N1CC([OH2+])C1. The number of nitrogens with zero attached hydrogens (tertiary/aromatic N) is 1. The summed E-state index contributed by atoms with van der Waals surface area (Å²) < 4.78 is 6.70. The summed E-state index contributed by atoms with van der Waals surface area (Å²) in [5.74, 6) is 0. The molecule has 1 aromatic heterocycles. The first kappa shape index (κ1) is 22.1. The fraction of sp³-hybridized carbons (Fsp3) is 0.826. The van der Waals surface area contributed by atoms with Crippen LogP contribution in [0.25, 0.3) is 0 Å². The zero-order valence-corrected chi connectivity index (χ0v) is 21.7. The van der Waals surface area contributed by atoms with Crippen LogP contribution in [0, 0.1) is 0 Å². The molecule has 2 nitrogen and oxygen atoms in total. The Morgan fingerprint density at radius 3 is 2.15 bits per heavy atom. The molecule has 0 aromatic carbocycles. The van der Waals surface area contributed by atoms with Gasteiger partial charge in [0.25, 0.3) is 0 Å². The third kappa shape index (κ3) is 5.13. The fourth-order valence-corrected chi connectivity index (χ4v) is 25.8. The first-order valence-electron chi connectivity index (χ1n) is 11.7. The summed E-state index contributed by atoms with van der Waals surface area (Å²) in [6, 6.07) is 3.39. The normalized spacial score (nSPS) is 21.3. The van der Waals surface area contributed by atoms with Gasteiger partial charge in [0.05, 0.1) is 0 Å². The van der Waals surface area contributed by atoms with Crippen LogP contribution in [-0.2, 0) is 6.42 Å². The first-order valence-corrected chi connectivity index (χ1v) is 20.0. The second kappa shape index (κ2) is 10.4. The van der Waals surface area contributed by atoms with E-state index in [4.69, 9.17) is 5.11 Å². The molecular weight excluding hydrogens is 457 g/mol. The standard InChI is InChI=1S/C11H14NOS.3C4H9.Sn/c13-8-6-12(7-8)10-2-1-3-11-9(10)4-5-14-11;3*1-3-4-2;/h4,8,10,13H,1-3,6-7H2;3*1,3-4H2,2H3;/p+1. The summed E-state index contributed by atoms with van der Waals surface area (Å²) in [5.41, 5.74) is 1.71. The van der Waals surface area contributed by atoms with Gasteiger partial charge >= 0.3 is 176 Å². The molecular formula is C23H42NOSSn+. The van der Waals surface area contributed by atoms with Crippen LogP contribution in [0.3, 0.4) is 0 Å². The fourth-order valence-electron chi connectivity index (χ4n) is 5.23. The number of likely N-dealkylation sites (tertiary alicyclic amines) is 1. The second-order valence-electron chi connectivity index (χ2n) is 9.14. The number of unbranched alkanes of at least 4 members (excludes halogenated alkanes) is 3. The van der Waals surface area contributed by atoms with Crippen molar-refractivity contribution in [3.63, 3.8) is 0 Å². The molecule has 154 valence electrons. The zero-order valence-electron chi connectivity index (χ0n) is 18.0. The Balaban J connectivity index is 1.89. The molecule has 1 atom stereocenters. The molecule has 4 heteroatoms. The van der Waals surface area contributed by atoms with Crippen LogP contribution >= 0.6 is 11.3 Å². The molecule has 0 spiro atoms. The maximum atomic E-state index is 7.95. The molecule has 0 radical (unpaired) electrons. The van der Waals surface area contributed by atoms with E-state index in [-0.39, 0.29) is 6.10 Å². The van der Waals surface area contributed by atoms with E-state index in [1.807, 2.05) is 2.89 Å². The molecule has 1 aliphatic heterocycles. The molecule has 2 aliphatic rings. The monoisotopic (exact) mass is 500 g/mol. The Hall–Kier alpha value is 0.419. The minimum atomic E-state index is -2.27. The molecule has 1 fully saturated rings. The van der Waals surface area contributed by atoms with Crippen LogP contribution in [0.2, 0.25) is 13.3 Å². The molecule has 3 rings (SSSR count). The maximum absolute atomic E-state index is 7.95. The number of aryl methyl sites for hydroxylation is 1. The van der Waals surface area contributed by atoms with E-state index < -0.39 is 18.4 Å². The molecule has 27 heavy (non-hydrogen) atoms. The number of rotatable bonds is 11. The molecule has 0 saturated carbocycles. The van der Waals surface area contributed by atoms with Crippen molar-refractivity contribution < 1.29 is 5.11 Å². The number of hydrogen-bond donors (Lipinski definition) is 0. The quantitative estimate of drug-likeness (QED) is 0.288. The van der Waals surface area contributed by atoms with Crippen LogP contribution in [-0.4, -0.2) is 47.6 Å². The third-order valence-electron chi connectivity index (χ3n) is 6.98. The Morgan fingerprint density at radius 1 is 1.04 bits per heavy atom. The molecule has 1 aromatic rings. The Bertz CT molecular complexity index is 559. The van der Waals surface area contributed by atoms with Crippen molar-refractivity contribution in [1.29, 1.82) is 0 Å². The molecule has 0 bridgehead atoms. The third-order valence-corrected chi connectivity index (χ3v) is 26.4. The van der Waals surface area contributed by atoms with Gasteiger partial charge in [0.15, 0.2) is 0 Å². The Kier molecular flexibility index (Phi) is 8.56. The Morgan fingerprint density at radius 2 is 1.63 bits per heavy atom. The summed E-state index contributed by atoms with van der Waals surface area (Å²) >= 11 is -0.00299. The van der Waals surface area contributed by atoms with E-state index >= 15 is 0 Å². The van der Waals surface area contributed by atoms with Crippen molar-refractivity contribution in [3.05, 3.63) is 16.5 Å². The van der Waals surface area contributed by atoms with Crippen LogP contribution in [0.1, 0.15) is 88.6 Å². The van der Waals surface area contributed by atoms with E-state index in [0.717, 1.165) is 13.1 Å². The van der Waals surface area contributed by atoms with Gasteiger partial charge in [-0.1, -0.05) is 0 Å². The van der Waals surface area contributed by atoms with Crippen molar-refractivity contribution >= 4 is 32.6 Å². The van der Waals surface area contributed by atoms with Crippen molar-refractivity contribution in [1.82, 2.24) is 4.90 Å². The summed E-state index contributed by atoms with van der Waals surface area (Å²) in [7, 11) is 0. The molecule has 0 amide bonds. The van der Waals surface area contributed by atoms with Crippen molar-refractivity contribution in [3.8, 4) is 0 Å². The summed E-state index contributed by atoms with van der Waals surface area (Å²) in [5, 5.41) is 7.95. The summed E-state index contributed by atoms with van der Waals surface area (Å²) in [6.07, 6.45) is 12.7. The van der Waals surface area contributed by atoms with Crippen LogP contribution in [0.5, 0.6) is 0 Å². The second-order valence-corrected chi connectivity index (χ2v) is 24.4. The number of hydrogen-bond acceptors (Lipinski definition) is 2. The van der Waals surface area contributed by atoms with Gasteiger partial charge in [-0.05, 0) is 0 Å². The van der Waals surface area contributed by atoms with E-state index in [9.17, 15) is 0 Å². The molecule has 2 heterocycles. The van der Waals surface area contributed by atoms with Crippen molar-refractivity contribution in [2.24, 2.45) is 0 Å². The van der Waals surface area contributed by atoms with E-state index in [0.29, 0.717) is 6.04 Å². The summed E-state index contributed by atoms with van der Waals surface area (Å²) in [6.45, 7) is 9.16. The van der Waals surface area contributed by atoms with E-state index in [2.05, 4.69) is 43.1 Å². The van der Waals surface area contributed by atoms with Gasteiger partial charge in [-0.3, -0.25) is 0 Å². The molecule has 1 unspecified atom stereocenters. The van der Waals surface area contributed by atoms with Gasteiger partial charge in [0, 0.05) is 0 Å². The van der Waals surface area contributed by atoms with Gasteiger partial charge in [-0.2, -0.15) is 0 Å². The van der Waals surface area contributed by atoms with Gasteiger partial charge in [-0.15, -0.1) is 0 Å².